The molecule has 2 nitrogen and oxygen atoms in total. The van der Waals surface area contributed by atoms with Gasteiger partial charge in [0.05, 0.1) is 20.9 Å². The topological polar surface area (TPSA) is 12.5 Å². The summed E-state index contributed by atoms with van der Waals surface area (Å²) in [5, 5.41) is 5.01. The van der Waals surface area contributed by atoms with Gasteiger partial charge in [-0.05, 0) is 105 Å². The van der Waals surface area contributed by atoms with E-state index in [1.165, 1.54) is 75.5 Å². The SMILES string of the molecule is c1ccc(-c2ccc(N(c3ccc(C4(c5ccc6c(c5)sc5ccccc56)c5ccccc5-c5c4ccc4c5Oc5ccccc5S4)cc3)c3cccc4ccccc34)cc2)cc1. The highest BCUT2D eigenvalue weighted by molar-refractivity contribution is 7.99. The summed E-state index contributed by atoms with van der Waals surface area (Å²) in [7, 11) is 0. The summed E-state index contributed by atoms with van der Waals surface area (Å²) in [4.78, 5) is 4.68. The van der Waals surface area contributed by atoms with E-state index >= 15 is 0 Å². The second-order valence-corrected chi connectivity index (χ2v) is 18.5. The van der Waals surface area contributed by atoms with Gasteiger partial charge in [0.15, 0.2) is 0 Å². The number of nitrogens with zero attached hydrogens (tertiary/aromatic N) is 1. The molecule has 0 saturated carbocycles. The predicted molar refractivity (Wildman–Crippen MR) is 265 cm³/mol. The molecule has 1 unspecified atom stereocenters. The largest absolute Gasteiger partial charge is 0.454 e. The van der Waals surface area contributed by atoms with Gasteiger partial charge >= 0.3 is 0 Å². The fourth-order valence-electron chi connectivity index (χ4n) is 10.2. The van der Waals surface area contributed by atoms with Crippen LogP contribution in [0.4, 0.5) is 17.1 Å². The van der Waals surface area contributed by atoms with E-state index in [1.807, 2.05) is 11.3 Å². The number of ether oxygens (including phenoxy) is 1. The fourth-order valence-corrected chi connectivity index (χ4v) is 12.3. The van der Waals surface area contributed by atoms with Gasteiger partial charge in [-0.15, -0.1) is 11.3 Å². The van der Waals surface area contributed by atoms with Crippen molar-refractivity contribution in [1.29, 1.82) is 0 Å². The summed E-state index contributed by atoms with van der Waals surface area (Å²) < 4.78 is 9.54. The molecule has 2 heterocycles. The van der Waals surface area contributed by atoms with Crippen molar-refractivity contribution >= 4 is 71.1 Å². The van der Waals surface area contributed by atoms with E-state index in [0.29, 0.717) is 0 Å². The molecule has 1 aromatic heterocycles. The maximum Gasteiger partial charge on any atom is 0.149 e. The Hall–Kier alpha value is -7.37. The van der Waals surface area contributed by atoms with Crippen LogP contribution >= 0.6 is 23.1 Å². The number of anilines is 3. The lowest BCUT2D eigenvalue weighted by atomic mass is 9.67. The van der Waals surface area contributed by atoms with Gasteiger partial charge in [-0.2, -0.15) is 0 Å². The quantitative estimate of drug-likeness (QED) is 0.166. The molecule has 1 aliphatic carbocycles. The zero-order valence-electron chi connectivity index (χ0n) is 34.0. The van der Waals surface area contributed by atoms with Crippen LogP contribution in [0.25, 0.3) is 53.2 Å². The van der Waals surface area contributed by atoms with E-state index < -0.39 is 5.41 Å². The molecule has 0 fully saturated rings. The second kappa shape index (κ2) is 14.4. The average Bonchev–Trinajstić information content (AvgIpc) is 3.88. The molecule has 0 radical (unpaired) electrons. The molecule has 1 atom stereocenters. The van der Waals surface area contributed by atoms with E-state index in [-0.39, 0.29) is 0 Å². The lowest BCUT2D eigenvalue weighted by molar-refractivity contribution is 0.456. The summed E-state index contributed by atoms with van der Waals surface area (Å²) in [5.74, 6) is 1.84. The van der Waals surface area contributed by atoms with Crippen molar-refractivity contribution in [3.63, 3.8) is 0 Å². The number of fused-ring (bicyclic) bond motifs is 10. The molecular formula is C59H37NOS2. The molecule has 0 bridgehead atoms. The van der Waals surface area contributed by atoms with E-state index in [9.17, 15) is 0 Å². The van der Waals surface area contributed by atoms with Crippen LogP contribution < -0.4 is 9.64 Å². The summed E-state index contributed by atoms with van der Waals surface area (Å²) >= 11 is 3.66. The van der Waals surface area contributed by atoms with Crippen LogP contribution in [-0.2, 0) is 5.41 Å². The van der Waals surface area contributed by atoms with Crippen LogP contribution in [0.3, 0.4) is 0 Å². The van der Waals surface area contributed by atoms with Crippen LogP contribution in [0.2, 0.25) is 0 Å². The van der Waals surface area contributed by atoms with Gasteiger partial charge in [-0.3, -0.25) is 0 Å². The first kappa shape index (κ1) is 36.3. The first-order valence-corrected chi connectivity index (χ1v) is 23.0. The molecule has 0 amide bonds. The third-order valence-electron chi connectivity index (χ3n) is 13.0. The molecule has 2 aliphatic rings. The zero-order chi connectivity index (χ0) is 41.5. The van der Waals surface area contributed by atoms with Crippen molar-refractivity contribution < 1.29 is 4.74 Å². The van der Waals surface area contributed by atoms with Crippen molar-refractivity contribution in [2.24, 2.45) is 0 Å². The zero-order valence-corrected chi connectivity index (χ0v) is 35.7. The number of hydrogen-bond acceptors (Lipinski definition) is 4. The van der Waals surface area contributed by atoms with Gasteiger partial charge in [0.2, 0.25) is 0 Å². The monoisotopic (exact) mass is 839 g/mol. The first-order chi connectivity index (χ1) is 31.2. The minimum absolute atomic E-state index is 0.629. The smallest absolute Gasteiger partial charge is 0.149 e. The minimum Gasteiger partial charge on any atom is -0.454 e. The van der Waals surface area contributed by atoms with E-state index in [2.05, 4.69) is 229 Å². The van der Waals surface area contributed by atoms with Crippen molar-refractivity contribution in [2.45, 2.75) is 15.2 Å². The predicted octanol–water partition coefficient (Wildman–Crippen LogP) is 17.0. The van der Waals surface area contributed by atoms with Crippen LogP contribution in [0, 0.1) is 0 Å². The third-order valence-corrected chi connectivity index (χ3v) is 15.2. The normalized spacial score (nSPS) is 14.8. The Morgan fingerprint density at radius 1 is 0.429 bits per heavy atom. The number of hydrogen-bond donors (Lipinski definition) is 0. The summed E-state index contributed by atoms with van der Waals surface area (Å²) in [6.45, 7) is 0. The second-order valence-electron chi connectivity index (χ2n) is 16.4. The number of rotatable bonds is 6. The van der Waals surface area contributed by atoms with Crippen LogP contribution in [0.1, 0.15) is 22.3 Å². The molecule has 4 heteroatoms. The average molecular weight is 840 g/mol. The number of benzene rings is 10. The van der Waals surface area contributed by atoms with Gasteiger partial charge < -0.3 is 9.64 Å². The van der Waals surface area contributed by atoms with Gasteiger partial charge in [0.25, 0.3) is 0 Å². The highest BCUT2D eigenvalue weighted by Crippen LogP contribution is 2.62. The first-order valence-electron chi connectivity index (χ1n) is 21.4. The number of para-hydroxylation sites is 1. The molecule has 296 valence electrons. The standard InChI is InChI=1S/C59H37NOS2/c1-2-13-38(14-3-1)39-25-30-43(31-26-39)60(51-21-12-16-40-15-4-5-17-45(40)51)44-32-27-41(28-33-44)59(42-29-34-47-46-18-7-10-23-53(46)62-56(47)37-42)49-20-8-6-19-48(49)57-50(59)35-36-55-58(57)61-52-22-9-11-24-54(52)63-55/h1-37H. The Bertz CT molecular complexity index is 3570. The van der Waals surface area contributed by atoms with Crippen LogP contribution in [0.15, 0.2) is 234 Å². The fraction of sp³-hybridized carbons (Fsp3) is 0.0169. The van der Waals surface area contributed by atoms with Gasteiger partial charge in [0.1, 0.15) is 11.5 Å². The van der Waals surface area contributed by atoms with E-state index in [4.69, 9.17) is 4.74 Å². The molecule has 0 spiro atoms. The molecule has 0 N–H and O–H groups in total. The van der Waals surface area contributed by atoms with Crippen molar-refractivity contribution in [3.05, 3.63) is 247 Å². The summed E-state index contributed by atoms with van der Waals surface area (Å²) in [5.41, 5.74) is 12.4. The van der Waals surface area contributed by atoms with Gasteiger partial charge in [0, 0.05) is 42.5 Å². The van der Waals surface area contributed by atoms with Crippen LogP contribution in [-0.4, -0.2) is 0 Å². The summed E-state index contributed by atoms with van der Waals surface area (Å²) in [6, 6.07) is 82.3. The number of thiophene rings is 1. The maximum atomic E-state index is 6.95. The Kier molecular flexibility index (Phi) is 8.27. The molecular weight excluding hydrogens is 803 g/mol. The van der Waals surface area contributed by atoms with Crippen molar-refractivity contribution in [3.8, 4) is 33.8 Å². The van der Waals surface area contributed by atoms with E-state index in [0.717, 1.165) is 38.4 Å². The van der Waals surface area contributed by atoms with Crippen molar-refractivity contribution in [2.75, 3.05) is 4.90 Å². The highest BCUT2D eigenvalue weighted by Gasteiger charge is 2.48. The summed E-state index contributed by atoms with van der Waals surface area (Å²) in [6.07, 6.45) is 0. The van der Waals surface area contributed by atoms with Crippen molar-refractivity contribution in [1.82, 2.24) is 0 Å². The molecule has 1 aliphatic heterocycles. The molecule has 10 aromatic carbocycles. The maximum absolute atomic E-state index is 6.95. The van der Waals surface area contributed by atoms with Gasteiger partial charge in [-0.25, -0.2) is 0 Å². The molecule has 0 saturated heterocycles. The molecule has 11 aromatic rings. The minimum atomic E-state index is -0.629. The Morgan fingerprint density at radius 3 is 1.97 bits per heavy atom. The van der Waals surface area contributed by atoms with E-state index in [1.54, 1.807) is 11.8 Å². The highest BCUT2D eigenvalue weighted by atomic mass is 32.2. The lowest BCUT2D eigenvalue weighted by Gasteiger charge is -2.35. The Morgan fingerprint density at radius 2 is 1.10 bits per heavy atom. The Balaban J connectivity index is 1.03. The molecule has 63 heavy (non-hydrogen) atoms. The van der Waals surface area contributed by atoms with Gasteiger partial charge in [-0.1, -0.05) is 176 Å². The molecule has 13 rings (SSSR count). The van der Waals surface area contributed by atoms with Crippen LogP contribution in [0.5, 0.6) is 11.5 Å². The lowest BCUT2D eigenvalue weighted by Crippen LogP contribution is -2.28. The Labute approximate surface area is 374 Å². The third kappa shape index (κ3) is 5.58.